The van der Waals surface area contributed by atoms with Gasteiger partial charge in [0.05, 0.1) is 11.0 Å². The zero-order valence-electron chi connectivity index (χ0n) is 14.7. The molecule has 1 heterocycles. The van der Waals surface area contributed by atoms with E-state index >= 15 is 0 Å². The van der Waals surface area contributed by atoms with Gasteiger partial charge in [-0.05, 0) is 38.5 Å². The number of imide groups is 1. The van der Waals surface area contributed by atoms with E-state index in [1.54, 1.807) is 0 Å². The van der Waals surface area contributed by atoms with Gasteiger partial charge in [0.2, 0.25) is 11.8 Å². The number of thioether (sulfide) groups is 1. The van der Waals surface area contributed by atoms with Gasteiger partial charge in [-0.2, -0.15) is 0 Å². The Morgan fingerprint density at radius 2 is 1.79 bits per heavy atom. The van der Waals surface area contributed by atoms with Gasteiger partial charge in [-0.1, -0.05) is 13.8 Å². The molecule has 1 aliphatic heterocycles. The highest BCUT2D eigenvalue weighted by Gasteiger charge is 2.40. The largest absolute Gasteiger partial charge is 0.299 e. The number of rotatable bonds is 7. The van der Waals surface area contributed by atoms with E-state index in [0.717, 1.165) is 25.7 Å². The minimum absolute atomic E-state index is 0.0202. The predicted molar refractivity (Wildman–Crippen MR) is 93.6 cm³/mol. The first-order valence-electron chi connectivity index (χ1n) is 8.78. The molecule has 5 nitrogen and oxygen atoms in total. The van der Waals surface area contributed by atoms with Crippen molar-refractivity contribution in [1.29, 1.82) is 0 Å². The second-order valence-electron chi connectivity index (χ2n) is 7.32. The molecule has 1 unspecified atom stereocenters. The van der Waals surface area contributed by atoms with Gasteiger partial charge in [0, 0.05) is 24.8 Å². The lowest BCUT2D eigenvalue weighted by molar-refractivity contribution is -0.139. The quantitative estimate of drug-likeness (QED) is 0.658. The maximum absolute atomic E-state index is 12.4. The number of nitrogens with zero attached hydrogens (tertiary/aromatic N) is 1. The molecule has 2 rings (SSSR count). The van der Waals surface area contributed by atoms with E-state index in [1.807, 2.05) is 13.8 Å². The molecule has 1 saturated carbocycles. The first kappa shape index (κ1) is 19.2. The zero-order valence-corrected chi connectivity index (χ0v) is 15.6. The van der Waals surface area contributed by atoms with Gasteiger partial charge in [-0.25, -0.2) is 0 Å². The normalized spacial score (nSPS) is 27.8. The van der Waals surface area contributed by atoms with Gasteiger partial charge in [-0.3, -0.25) is 24.1 Å². The molecule has 2 amide bonds. The predicted octanol–water partition coefficient (Wildman–Crippen LogP) is 2.47. The molecular weight excluding hydrogens is 326 g/mol. The third kappa shape index (κ3) is 4.68. The van der Waals surface area contributed by atoms with Crippen molar-refractivity contribution in [3.8, 4) is 0 Å². The molecule has 134 valence electrons. The lowest BCUT2D eigenvalue weighted by atomic mass is 9.77. The van der Waals surface area contributed by atoms with Gasteiger partial charge in [0.25, 0.3) is 0 Å². The summed E-state index contributed by atoms with van der Waals surface area (Å²) in [7, 11) is 0. The Morgan fingerprint density at radius 3 is 2.33 bits per heavy atom. The molecule has 1 aliphatic carbocycles. The minimum Gasteiger partial charge on any atom is -0.299 e. The number of likely N-dealkylation sites (tertiary alicyclic amines) is 1. The summed E-state index contributed by atoms with van der Waals surface area (Å²) < 4.78 is 0. The Hall–Kier alpha value is -1.17. The number of ketones is 2. The van der Waals surface area contributed by atoms with Crippen LogP contribution in [0.5, 0.6) is 0 Å². The van der Waals surface area contributed by atoms with E-state index in [2.05, 4.69) is 0 Å². The molecule has 0 radical (unpaired) electrons. The smallest absolute Gasteiger partial charge is 0.242 e. The lowest BCUT2D eigenvalue weighted by Gasteiger charge is -2.30. The molecule has 0 spiro atoms. The van der Waals surface area contributed by atoms with Crippen LogP contribution < -0.4 is 0 Å². The van der Waals surface area contributed by atoms with Crippen molar-refractivity contribution in [2.24, 2.45) is 17.8 Å². The molecule has 1 saturated heterocycles. The van der Waals surface area contributed by atoms with Crippen LogP contribution >= 0.6 is 11.8 Å². The number of carbonyl (C=O) groups is 4. The van der Waals surface area contributed by atoms with Gasteiger partial charge in [0.1, 0.15) is 11.6 Å². The third-order valence-corrected chi connectivity index (χ3v) is 6.29. The van der Waals surface area contributed by atoms with Crippen molar-refractivity contribution in [3.63, 3.8) is 0 Å². The minimum atomic E-state index is -0.403. The number of amides is 2. The first-order chi connectivity index (χ1) is 11.3. The highest BCUT2D eigenvalue weighted by atomic mass is 32.2. The van der Waals surface area contributed by atoms with E-state index in [1.165, 1.54) is 23.6 Å². The Balaban J connectivity index is 1.84. The standard InChI is InChI=1S/C18H27NO4S/c1-11(2)17(22)14-6-4-13(5-7-14)9-19-16(21)8-15(18(19)23)24-10-12(3)20/h11,13-15H,4-10H2,1-3H3. The summed E-state index contributed by atoms with van der Waals surface area (Å²) in [6.45, 7) is 5.84. The maximum atomic E-state index is 12.4. The maximum Gasteiger partial charge on any atom is 0.242 e. The van der Waals surface area contributed by atoms with Gasteiger partial charge in [-0.15, -0.1) is 11.8 Å². The average molecular weight is 353 g/mol. The van der Waals surface area contributed by atoms with Crippen LogP contribution in [0.2, 0.25) is 0 Å². The highest BCUT2D eigenvalue weighted by molar-refractivity contribution is 8.01. The van der Waals surface area contributed by atoms with E-state index < -0.39 is 5.25 Å². The number of Topliss-reactive ketones (excluding diaryl/α,β-unsaturated/α-hetero) is 2. The average Bonchev–Trinajstić information content (AvgIpc) is 2.80. The Morgan fingerprint density at radius 1 is 1.17 bits per heavy atom. The van der Waals surface area contributed by atoms with E-state index in [4.69, 9.17) is 0 Å². The fourth-order valence-electron chi connectivity index (χ4n) is 3.55. The number of hydrogen-bond donors (Lipinski definition) is 0. The van der Waals surface area contributed by atoms with E-state index in [-0.39, 0.29) is 41.6 Å². The highest BCUT2D eigenvalue weighted by Crippen LogP contribution is 2.33. The summed E-state index contributed by atoms with van der Waals surface area (Å²) >= 11 is 1.27. The molecule has 0 aromatic carbocycles. The molecular formula is C18H27NO4S. The van der Waals surface area contributed by atoms with Crippen molar-refractivity contribution in [3.05, 3.63) is 0 Å². The fourth-order valence-corrected chi connectivity index (χ4v) is 4.52. The summed E-state index contributed by atoms with van der Waals surface area (Å²) in [5.41, 5.74) is 0. The Kier molecular flexibility index (Phi) is 6.61. The second-order valence-corrected chi connectivity index (χ2v) is 8.51. The second kappa shape index (κ2) is 8.28. The summed E-state index contributed by atoms with van der Waals surface area (Å²) in [5, 5.41) is -0.403. The zero-order chi connectivity index (χ0) is 17.9. The lowest BCUT2D eigenvalue weighted by Crippen LogP contribution is -2.37. The Bertz CT molecular complexity index is 523. The third-order valence-electron chi connectivity index (χ3n) is 4.95. The van der Waals surface area contributed by atoms with E-state index in [9.17, 15) is 19.2 Å². The molecule has 0 aromatic rings. The van der Waals surface area contributed by atoms with Crippen LogP contribution in [0.25, 0.3) is 0 Å². The van der Waals surface area contributed by atoms with Gasteiger partial charge >= 0.3 is 0 Å². The summed E-state index contributed by atoms with van der Waals surface area (Å²) in [4.78, 5) is 49.0. The van der Waals surface area contributed by atoms with Crippen LogP contribution in [0, 0.1) is 17.8 Å². The van der Waals surface area contributed by atoms with Crippen LogP contribution in [0.4, 0.5) is 0 Å². The van der Waals surface area contributed by atoms with Crippen LogP contribution in [0.15, 0.2) is 0 Å². The van der Waals surface area contributed by atoms with Crippen LogP contribution in [0.1, 0.15) is 52.9 Å². The fraction of sp³-hybridized carbons (Fsp3) is 0.778. The molecule has 2 aliphatic rings. The molecule has 24 heavy (non-hydrogen) atoms. The van der Waals surface area contributed by atoms with Crippen LogP contribution in [0.3, 0.4) is 0 Å². The topological polar surface area (TPSA) is 71.5 Å². The van der Waals surface area contributed by atoms with Crippen molar-refractivity contribution in [2.75, 3.05) is 12.3 Å². The van der Waals surface area contributed by atoms with Crippen molar-refractivity contribution >= 4 is 35.1 Å². The molecule has 0 aromatic heterocycles. The molecule has 0 N–H and O–H groups in total. The van der Waals surface area contributed by atoms with Crippen molar-refractivity contribution in [1.82, 2.24) is 4.90 Å². The first-order valence-corrected chi connectivity index (χ1v) is 9.83. The number of hydrogen-bond acceptors (Lipinski definition) is 5. The molecule has 0 bridgehead atoms. The van der Waals surface area contributed by atoms with Gasteiger partial charge < -0.3 is 0 Å². The van der Waals surface area contributed by atoms with Gasteiger partial charge in [0.15, 0.2) is 0 Å². The summed E-state index contributed by atoms with van der Waals surface area (Å²) in [6.07, 6.45) is 3.72. The molecule has 6 heteroatoms. The van der Waals surface area contributed by atoms with Crippen LogP contribution in [-0.2, 0) is 19.2 Å². The van der Waals surface area contributed by atoms with Crippen molar-refractivity contribution < 1.29 is 19.2 Å². The summed E-state index contributed by atoms with van der Waals surface area (Å²) in [5.74, 6) is 0.880. The van der Waals surface area contributed by atoms with Crippen LogP contribution in [-0.4, -0.2) is 45.8 Å². The molecule has 2 fully saturated rings. The Labute approximate surface area is 147 Å². The SMILES string of the molecule is CC(=O)CSC1CC(=O)N(CC2CCC(C(=O)C(C)C)CC2)C1=O. The molecule has 1 atom stereocenters. The monoisotopic (exact) mass is 353 g/mol. The number of carbonyl (C=O) groups excluding carboxylic acids is 4. The van der Waals surface area contributed by atoms with Crippen molar-refractivity contribution in [2.45, 2.75) is 58.1 Å². The van der Waals surface area contributed by atoms with E-state index in [0.29, 0.717) is 18.2 Å². The summed E-state index contributed by atoms with van der Waals surface area (Å²) in [6, 6.07) is 0.